The molecule has 1 aromatic heterocycles. The van der Waals surface area contributed by atoms with Crippen LogP contribution in [-0.4, -0.2) is 30.2 Å². The van der Waals surface area contributed by atoms with E-state index in [9.17, 15) is 9.59 Å². The van der Waals surface area contributed by atoms with E-state index in [1.54, 1.807) is 13.8 Å². The van der Waals surface area contributed by atoms with Gasteiger partial charge in [-0.05, 0) is 31.5 Å². The van der Waals surface area contributed by atoms with Gasteiger partial charge in [0.1, 0.15) is 5.56 Å². The summed E-state index contributed by atoms with van der Waals surface area (Å²) >= 11 is 0. The minimum absolute atomic E-state index is 0.212. The Morgan fingerprint density at radius 2 is 1.48 bits per heavy atom. The van der Waals surface area contributed by atoms with E-state index < -0.39 is 11.9 Å². The number of aromatic nitrogens is 1. The summed E-state index contributed by atoms with van der Waals surface area (Å²) in [5.41, 5.74) is 3.32. The van der Waals surface area contributed by atoms with E-state index in [-0.39, 0.29) is 17.7 Å². The van der Waals surface area contributed by atoms with Gasteiger partial charge in [-0.15, -0.1) is 0 Å². The Bertz CT molecular complexity index is 959. The highest BCUT2D eigenvalue weighted by atomic mass is 16.5. The van der Waals surface area contributed by atoms with Crippen LogP contribution in [0, 0.1) is 6.92 Å². The molecule has 0 saturated heterocycles. The first-order chi connectivity index (χ1) is 13.1. The van der Waals surface area contributed by atoms with Gasteiger partial charge in [0.2, 0.25) is 0 Å². The van der Waals surface area contributed by atoms with E-state index in [2.05, 4.69) is 0 Å². The standard InChI is InChI=1S/C22H21NO4/c1-4-27-22(25)19-18(21(24)26-3)15(2)23(17-13-9-6-10-14-17)20(19)16-11-7-5-8-12-16/h5-14H,4H2,1-3H3. The quantitative estimate of drug-likeness (QED) is 0.630. The minimum atomic E-state index is -0.567. The molecule has 0 aliphatic rings. The predicted octanol–water partition coefficient (Wildman–Crippen LogP) is 4.42. The third-order valence-corrected chi connectivity index (χ3v) is 4.34. The molecule has 0 unspecified atom stereocenters. The lowest BCUT2D eigenvalue weighted by atomic mass is 10.0. The molecular weight excluding hydrogens is 342 g/mol. The highest BCUT2D eigenvalue weighted by molar-refractivity contribution is 6.09. The van der Waals surface area contributed by atoms with Gasteiger partial charge < -0.3 is 14.0 Å². The summed E-state index contributed by atoms with van der Waals surface area (Å²) in [6, 6.07) is 19.1. The first-order valence-corrected chi connectivity index (χ1v) is 8.71. The van der Waals surface area contributed by atoms with E-state index in [0.717, 1.165) is 11.3 Å². The van der Waals surface area contributed by atoms with Crippen molar-refractivity contribution in [1.82, 2.24) is 4.57 Å². The number of para-hydroxylation sites is 1. The second-order valence-electron chi connectivity index (χ2n) is 5.93. The maximum Gasteiger partial charge on any atom is 0.341 e. The van der Waals surface area contributed by atoms with Crippen molar-refractivity contribution in [2.75, 3.05) is 13.7 Å². The fraction of sp³-hybridized carbons (Fsp3) is 0.182. The van der Waals surface area contributed by atoms with Crippen LogP contribution in [0.3, 0.4) is 0 Å². The van der Waals surface area contributed by atoms with Gasteiger partial charge in [-0.1, -0.05) is 48.5 Å². The average Bonchev–Trinajstić information content (AvgIpc) is 3.02. The molecule has 0 aliphatic carbocycles. The smallest absolute Gasteiger partial charge is 0.341 e. The van der Waals surface area contributed by atoms with Crippen molar-refractivity contribution in [2.45, 2.75) is 13.8 Å². The van der Waals surface area contributed by atoms with E-state index in [4.69, 9.17) is 9.47 Å². The Hall–Kier alpha value is -3.34. The number of carbonyl (C=O) groups is 2. The zero-order valence-electron chi connectivity index (χ0n) is 15.6. The molecule has 0 aliphatic heterocycles. The SMILES string of the molecule is CCOC(=O)c1c(C(=O)OC)c(C)n(-c2ccccc2)c1-c1ccccc1. The first-order valence-electron chi connectivity index (χ1n) is 8.71. The van der Waals surface area contributed by atoms with Crippen molar-refractivity contribution in [3.05, 3.63) is 77.5 Å². The van der Waals surface area contributed by atoms with Gasteiger partial charge in [-0.3, -0.25) is 0 Å². The number of hydrogen-bond acceptors (Lipinski definition) is 4. The van der Waals surface area contributed by atoms with Crippen LogP contribution in [0.2, 0.25) is 0 Å². The monoisotopic (exact) mass is 363 g/mol. The Balaban J connectivity index is 2.43. The molecule has 0 amide bonds. The van der Waals surface area contributed by atoms with Gasteiger partial charge in [-0.2, -0.15) is 0 Å². The molecule has 5 nitrogen and oxygen atoms in total. The van der Waals surface area contributed by atoms with E-state index >= 15 is 0 Å². The van der Waals surface area contributed by atoms with Crippen LogP contribution in [0.15, 0.2) is 60.7 Å². The molecule has 5 heteroatoms. The molecule has 3 rings (SSSR count). The van der Waals surface area contributed by atoms with Gasteiger partial charge in [0, 0.05) is 11.4 Å². The van der Waals surface area contributed by atoms with Crippen LogP contribution in [0.1, 0.15) is 33.3 Å². The van der Waals surface area contributed by atoms with Crippen LogP contribution in [-0.2, 0) is 9.47 Å². The van der Waals surface area contributed by atoms with E-state index in [1.807, 2.05) is 65.2 Å². The van der Waals surface area contributed by atoms with Gasteiger partial charge >= 0.3 is 11.9 Å². The summed E-state index contributed by atoms with van der Waals surface area (Å²) in [5.74, 6) is -1.11. The number of hydrogen-bond donors (Lipinski definition) is 0. The van der Waals surface area contributed by atoms with Gasteiger partial charge in [0.05, 0.1) is 25.0 Å². The molecule has 0 N–H and O–H groups in total. The van der Waals surface area contributed by atoms with Crippen molar-refractivity contribution in [1.29, 1.82) is 0 Å². The van der Waals surface area contributed by atoms with Crippen molar-refractivity contribution < 1.29 is 19.1 Å². The molecule has 27 heavy (non-hydrogen) atoms. The first kappa shape index (κ1) is 18.5. The molecule has 0 radical (unpaired) electrons. The van der Waals surface area contributed by atoms with E-state index in [1.165, 1.54) is 7.11 Å². The topological polar surface area (TPSA) is 57.5 Å². The van der Waals surface area contributed by atoms with Gasteiger partial charge in [-0.25, -0.2) is 9.59 Å². The van der Waals surface area contributed by atoms with Crippen LogP contribution in [0.4, 0.5) is 0 Å². The molecular formula is C22H21NO4. The fourth-order valence-corrected chi connectivity index (χ4v) is 3.21. The number of carbonyl (C=O) groups excluding carboxylic acids is 2. The lowest BCUT2D eigenvalue weighted by Gasteiger charge is -2.13. The molecule has 1 heterocycles. The molecule has 0 atom stereocenters. The minimum Gasteiger partial charge on any atom is -0.465 e. The third-order valence-electron chi connectivity index (χ3n) is 4.34. The highest BCUT2D eigenvalue weighted by Crippen LogP contribution is 2.35. The Morgan fingerprint density at radius 1 is 0.889 bits per heavy atom. The second kappa shape index (κ2) is 7.91. The maximum absolute atomic E-state index is 12.8. The Kier molecular flexibility index (Phi) is 5.41. The summed E-state index contributed by atoms with van der Waals surface area (Å²) in [6.45, 7) is 3.75. The summed E-state index contributed by atoms with van der Waals surface area (Å²) in [4.78, 5) is 25.4. The van der Waals surface area contributed by atoms with Crippen molar-refractivity contribution in [2.24, 2.45) is 0 Å². The Morgan fingerprint density at radius 3 is 2.04 bits per heavy atom. The van der Waals surface area contributed by atoms with Crippen LogP contribution >= 0.6 is 0 Å². The van der Waals surface area contributed by atoms with Gasteiger partial charge in [0.25, 0.3) is 0 Å². The lowest BCUT2D eigenvalue weighted by Crippen LogP contribution is -2.12. The highest BCUT2D eigenvalue weighted by Gasteiger charge is 2.32. The normalized spacial score (nSPS) is 10.5. The van der Waals surface area contributed by atoms with Crippen LogP contribution < -0.4 is 0 Å². The van der Waals surface area contributed by atoms with E-state index in [0.29, 0.717) is 11.4 Å². The zero-order chi connectivity index (χ0) is 19.4. The maximum atomic E-state index is 12.8. The third kappa shape index (κ3) is 3.36. The number of esters is 2. The summed E-state index contributed by atoms with van der Waals surface area (Å²) in [7, 11) is 1.30. The molecule has 0 saturated carbocycles. The van der Waals surface area contributed by atoms with Crippen molar-refractivity contribution in [3.8, 4) is 16.9 Å². The number of methoxy groups -OCH3 is 1. The molecule has 0 fully saturated rings. The lowest BCUT2D eigenvalue weighted by molar-refractivity contribution is 0.0505. The second-order valence-corrected chi connectivity index (χ2v) is 5.93. The summed E-state index contributed by atoms with van der Waals surface area (Å²) in [6.07, 6.45) is 0. The summed E-state index contributed by atoms with van der Waals surface area (Å²) in [5, 5.41) is 0. The molecule has 2 aromatic carbocycles. The average molecular weight is 363 g/mol. The van der Waals surface area contributed by atoms with Crippen LogP contribution in [0.5, 0.6) is 0 Å². The van der Waals surface area contributed by atoms with Crippen molar-refractivity contribution in [3.63, 3.8) is 0 Å². The molecule has 138 valence electrons. The zero-order valence-corrected chi connectivity index (χ0v) is 15.6. The number of benzene rings is 2. The van der Waals surface area contributed by atoms with Crippen LogP contribution in [0.25, 0.3) is 16.9 Å². The predicted molar refractivity (Wildman–Crippen MR) is 103 cm³/mol. The Labute approximate surface area is 158 Å². The summed E-state index contributed by atoms with van der Waals surface area (Å²) < 4.78 is 12.1. The number of ether oxygens (including phenoxy) is 2. The van der Waals surface area contributed by atoms with Gasteiger partial charge in [0.15, 0.2) is 0 Å². The van der Waals surface area contributed by atoms with Crippen molar-refractivity contribution >= 4 is 11.9 Å². The molecule has 3 aromatic rings. The fourth-order valence-electron chi connectivity index (χ4n) is 3.21. The molecule has 0 spiro atoms. The number of nitrogens with zero attached hydrogens (tertiary/aromatic N) is 1. The number of rotatable bonds is 5. The molecule has 0 bridgehead atoms. The largest absolute Gasteiger partial charge is 0.465 e.